The van der Waals surface area contributed by atoms with Crippen LogP contribution < -0.4 is 4.90 Å². The van der Waals surface area contributed by atoms with E-state index in [4.69, 9.17) is 4.74 Å². The molecule has 2 aliphatic rings. The predicted molar refractivity (Wildman–Crippen MR) is 88.6 cm³/mol. The van der Waals surface area contributed by atoms with Gasteiger partial charge in [0.05, 0.1) is 18.8 Å². The molecular weight excluding hydrogens is 290 g/mol. The number of fused-ring (bicyclic) bond motifs is 1. The van der Waals surface area contributed by atoms with Gasteiger partial charge < -0.3 is 4.74 Å². The number of hydrogen-bond acceptors (Lipinski definition) is 4. The van der Waals surface area contributed by atoms with Gasteiger partial charge in [0.1, 0.15) is 6.61 Å². The molecule has 2 aliphatic heterocycles. The molecule has 1 amide bonds. The molecule has 2 aromatic rings. The third-order valence-corrected chi connectivity index (χ3v) is 4.00. The van der Waals surface area contributed by atoms with E-state index in [0.717, 1.165) is 22.5 Å². The number of carbonyl (C=O) groups excluding carboxylic acids is 1. The van der Waals surface area contributed by atoms with Crippen molar-refractivity contribution >= 4 is 23.6 Å². The number of allylic oxidation sites excluding steroid dienone is 1. The van der Waals surface area contributed by atoms with Crippen molar-refractivity contribution in [2.45, 2.75) is 6.54 Å². The van der Waals surface area contributed by atoms with Crippen molar-refractivity contribution in [1.29, 1.82) is 0 Å². The fraction of sp³-hybridized carbons (Fsp3) is 0.167. The van der Waals surface area contributed by atoms with E-state index in [1.54, 1.807) is 17.3 Å². The summed E-state index contributed by atoms with van der Waals surface area (Å²) in [5, 5.41) is 0. The van der Waals surface area contributed by atoms with Crippen LogP contribution in [-0.2, 0) is 11.3 Å². The molecule has 5 heteroatoms. The molecule has 114 valence electrons. The molecule has 4 rings (SSSR count). The Morgan fingerprint density at radius 1 is 1.13 bits per heavy atom. The van der Waals surface area contributed by atoms with E-state index < -0.39 is 0 Å². The van der Waals surface area contributed by atoms with Crippen molar-refractivity contribution in [3.05, 3.63) is 65.5 Å². The number of rotatable bonds is 3. The zero-order valence-corrected chi connectivity index (χ0v) is 12.5. The summed E-state index contributed by atoms with van der Waals surface area (Å²) in [4.78, 5) is 22.0. The molecule has 0 spiro atoms. The van der Waals surface area contributed by atoms with Crippen molar-refractivity contribution < 1.29 is 9.53 Å². The summed E-state index contributed by atoms with van der Waals surface area (Å²) in [7, 11) is 0. The van der Waals surface area contributed by atoms with Gasteiger partial charge in [0, 0.05) is 23.6 Å². The number of aliphatic imine (C=N–C) groups is 1. The van der Waals surface area contributed by atoms with Gasteiger partial charge in [-0.3, -0.25) is 14.9 Å². The molecular formula is C18H15N3O2. The molecule has 1 saturated heterocycles. The van der Waals surface area contributed by atoms with Crippen LogP contribution in [0, 0.1) is 0 Å². The van der Waals surface area contributed by atoms with Crippen LogP contribution in [0.2, 0.25) is 0 Å². The highest BCUT2D eigenvalue weighted by Gasteiger charge is 2.25. The lowest BCUT2D eigenvalue weighted by Crippen LogP contribution is -2.23. The number of carbonyl (C=O) groups is 1. The Morgan fingerprint density at radius 2 is 2.00 bits per heavy atom. The standard InChI is InChI=1S/C18H15N3O2/c22-18-21(9-10-23-18)15-3-2-14-12-20-17(16(14)11-15)4-1-13-5-7-19-8-6-13/h1-8,11H,9-10,12H2/b4-1+. The van der Waals surface area contributed by atoms with Crippen LogP contribution in [0.3, 0.4) is 0 Å². The quantitative estimate of drug-likeness (QED) is 0.875. The Hall–Kier alpha value is -2.95. The number of nitrogens with zero attached hydrogens (tertiary/aromatic N) is 3. The Bertz CT molecular complexity index is 812. The first-order valence-electron chi connectivity index (χ1n) is 7.51. The van der Waals surface area contributed by atoms with E-state index in [0.29, 0.717) is 19.7 Å². The molecule has 1 fully saturated rings. The fourth-order valence-electron chi connectivity index (χ4n) is 2.78. The lowest BCUT2D eigenvalue weighted by Gasteiger charge is -2.14. The van der Waals surface area contributed by atoms with Crippen molar-refractivity contribution in [3.8, 4) is 0 Å². The van der Waals surface area contributed by atoms with Crippen molar-refractivity contribution in [1.82, 2.24) is 4.98 Å². The van der Waals surface area contributed by atoms with E-state index in [-0.39, 0.29) is 6.09 Å². The van der Waals surface area contributed by atoms with Gasteiger partial charge in [-0.05, 0) is 41.5 Å². The van der Waals surface area contributed by atoms with Crippen LogP contribution in [0.25, 0.3) is 6.08 Å². The number of anilines is 1. The molecule has 3 heterocycles. The molecule has 0 N–H and O–H groups in total. The summed E-state index contributed by atoms with van der Waals surface area (Å²) in [6, 6.07) is 9.90. The van der Waals surface area contributed by atoms with Gasteiger partial charge in [0.25, 0.3) is 0 Å². The highest BCUT2D eigenvalue weighted by molar-refractivity contribution is 6.13. The van der Waals surface area contributed by atoms with E-state index in [1.807, 2.05) is 42.5 Å². The van der Waals surface area contributed by atoms with Crippen LogP contribution in [-0.4, -0.2) is 29.9 Å². The molecule has 1 aromatic heterocycles. The number of amides is 1. The summed E-state index contributed by atoms with van der Waals surface area (Å²) >= 11 is 0. The minimum absolute atomic E-state index is 0.284. The van der Waals surface area contributed by atoms with E-state index in [1.165, 1.54) is 5.56 Å². The van der Waals surface area contributed by atoms with Crippen LogP contribution in [0.4, 0.5) is 10.5 Å². The first kappa shape index (κ1) is 13.7. The second kappa shape index (κ2) is 5.68. The first-order chi connectivity index (χ1) is 11.3. The smallest absolute Gasteiger partial charge is 0.414 e. The van der Waals surface area contributed by atoms with E-state index in [2.05, 4.69) is 9.98 Å². The molecule has 0 saturated carbocycles. The van der Waals surface area contributed by atoms with Crippen molar-refractivity contribution in [2.24, 2.45) is 4.99 Å². The highest BCUT2D eigenvalue weighted by Crippen LogP contribution is 2.27. The van der Waals surface area contributed by atoms with Crippen molar-refractivity contribution in [2.75, 3.05) is 18.1 Å². The van der Waals surface area contributed by atoms with Gasteiger partial charge in [-0.25, -0.2) is 4.79 Å². The van der Waals surface area contributed by atoms with Gasteiger partial charge in [-0.1, -0.05) is 12.1 Å². The Morgan fingerprint density at radius 3 is 2.78 bits per heavy atom. The molecule has 0 aliphatic carbocycles. The minimum Gasteiger partial charge on any atom is -0.447 e. The number of ether oxygens (including phenoxy) is 1. The number of pyridine rings is 1. The topological polar surface area (TPSA) is 54.8 Å². The maximum Gasteiger partial charge on any atom is 0.414 e. The maximum atomic E-state index is 11.7. The average molecular weight is 305 g/mol. The Kier molecular flexibility index (Phi) is 3.38. The van der Waals surface area contributed by atoms with E-state index in [9.17, 15) is 4.79 Å². The first-order valence-corrected chi connectivity index (χ1v) is 7.51. The fourth-order valence-corrected chi connectivity index (χ4v) is 2.78. The lowest BCUT2D eigenvalue weighted by molar-refractivity contribution is 0.181. The second-order valence-corrected chi connectivity index (χ2v) is 5.42. The summed E-state index contributed by atoms with van der Waals surface area (Å²) in [6.07, 6.45) is 7.27. The van der Waals surface area contributed by atoms with Gasteiger partial charge in [0.2, 0.25) is 0 Å². The third kappa shape index (κ3) is 2.61. The number of cyclic esters (lactones) is 1. The summed E-state index contributed by atoms with van der Waals surface area (Å²) in [5.74, 6) is 0. The number of aromatic nitrogens is 1. The van der Waals surface area contributed by atoms with Crippen LogP contribution in [0.5, 0.6) is 0 Å². The molecule has 0 unspecified atom stereocenters. The largest absolute Gasteiger partial charge is 0.447 e. The van der Waals surface area contributed by atoms with Crippen LogP contribution in [0.1, 0.15) is 16.7 Å². The molecule has 23 heavy (non-hydrogen) atoms. The van der Waals surface area contributed by atoms with Gasteiger partial charge in [-0.2, -0.15) is 0 Å². The molecule has 0 bridgehead atoms. The van der Waals surface area contributed by atoms with E-state index >= 15 is 0 Å². The Balaban J connectivity index is 1.62. The van der Waals surface area contributed by atoms with Crippen LogP contribution >= 0.6 is 0 Å². The van der Waals surface area contributed by atoms with Crippen molar-refractivity contribution in [3.63, 3.8) is 0 Å². The second-order valence-electron chi connectivity index (χ2n) is 5.42. The van der Waals surface area contributed by atoms with Gasteiger partial charge in [0.15, 0.2) is 0 Å². The maximum absolute atomic E-state index is 11.7. The lowest BCUT2D eigenvalue weighted by atomic mass is 10.0. The average Bonchev–Trinajstić information content (AvgIpc) is 3.19. The van der Waals surface area contributed by atoms with Gasteiger partial charge >= 0.3 is 6.09 Å². The zero-order chi connectivity index (χ0) is 15.6. The molecule has 1 aromatic carbocycles. The normalized spacial score (nSPS) is 16.6. The van der Waals surface area contributed by atoms with Gasteiger partial charge in [-0.15, -0.1) is 0 Å². The summed E-state index contributed by atoms with van der Waals surface area (Å²) < 4.78 is 5.01. The summed E-state index contributed by atoms with van der Waals surface area (Å²) in [5.41, 5.74) is 5.13. The molecule has 0 radical (unpaired) electrons. The predicted octanol–water partition coefficient (Wildman–Crippen LogP) is 3.05. The highest BCUT2D eigenvalue weighted by atomic mass is 16.6. The molecule has 5 nitrogen and oxygen atoms in total. The SMILES string of the molecule is O=C1OCCN1c1ccc2c(c1)C(/C=C/c1ccncc1)=NC2. The Labute approximate surface area is 133 Å². The zero-order valence-electron chi connectivity index (χ0n) is 12.5. The number of benzene rings is 1. The monoisotopic (exact) mass is 305 g/mol. The molecule has 0 atom stereocenters. The minimum atomic E-state index is -0.284. The number of hydrogen-bond donors (Lipinski definition) is 0. The third-order valence-electron chi connectivity index (χ3n) is 4.00. The summed E-state index contributed by atoms with van der Waals surface area (Å²) in [6.45, 7) is 1.71. The van der Waals surface area contributed by atoms with Crippen LogP contribution in [0.15, 0.2) is 53.8 Å².